The maximum absolute atomic E-state index is 13.5. The van der Waals surface area contributed by atoms with E-state index >= 15 is 0 Å². The third-order valence-electron chi connectivity index (χ3n) is 5.95. The van der Waals surface area contributed by atoms with Gasteiger partial charge >= 0.3 is 0 Å². The van der Waals surface area contributed by atoms with E-state index in [0.717, 1.165) is 30.7 Å². The molecule has 2 aromatic rings. The second kappa shape index (κ2) is 8.07. The monoisotopic (exact) mass is 434 g/mol. The zero-order valence-electron chi connectivity index (χ0n) is 16.8. The van der Waals surface area contributed by atoms with Crippen LogP contribution in [0.1, 0.15) is 30.4 Å². The van der Waals surface area contributed by atoms with Crippen molar-refractivity contribution in [2.24, 2.45) is 5.92 Å². The second-order valence-corrected chi connectivity index (χ2v) is 9.92. The Morgan fingerprint density at radius 2 is 1.73 bits per heavy atom. The Morgan fingerprint density at radius 3 is 2.43 bits per heavy atom. The van der Waals surface area contributed by atoms with Gasteiger partial charge in [-0.1, -0.05) is 17.7 Å². The quantitative estimate of drug-likeness (QED) is 0.741. The average Bonchev–Trinajstić information content (AvgIpc) is 2.74. The number of rotatable bonds is 3. The Kier molecular flexibility index (Phi) is 5.63. The van der Waals surface area contributed by atoms with Crippen LogP contribution in [0.3, 0.4) is 0 Å². The van der Waals surface area contributed by atoms with E-state index in [4.69, 9.17) is 0 Å². The summed E-state index contributed by atoms with van der Waals surface area (Å²) >= 11 is 0. The molecule has 0 unspecified atom stereocenters. The van der Waals surface area contributed by atoms with Crippen molar-refractivity contribution < 1.29 is 22.0 Å². The van der Waals surface area contributed by atoms with Crippen molar-refractivity contribution in [1.82, 2.24) is 4.31 Å². The third kappa shape index (κ3) is 3.86. The van der Waals surface area contributed by atoms with Gasteiger partial charge < -0.3 is 4.90 Å². The van der Waals surface area contributed by atoms with Gasteiger partial charge in [-0.2, -0.15) is 4.31 Å². The number of anilines is 1. The summed E-state index contributed by atoms with van der Waals surface area (Å²) in [6.45, 7) is 3.05. The highest BCUT2D eigenvalue weighted by Gasteiger charge is 2.35. The number of piperidine rings is 1. The fraction of sp³-hybridized carbons (Fsp3) is 0.409. The predicted molar refractivity (Wildman–Crippen MR) is 110 cm³/mol. The number of sulfonamides is 1. The number of carbonyl (C=O) groups is 1. The number of amides is 1. The SMILES string of the molecule is Cc1ccc2c(c1)CCCN2C(=O)C1CCN(S(=O)(=O)c2ccc(F)c(F)c2)CC1. The molecule has 0 aromatic heterocycles. The minimum atomic E-state index is -3.93. The van der Waals surface area contributed by atoms with Crippen LogP contribution in [0.25, 0.3) is 0 Å². The van der Waals surface area contributed by atoms with E-state index < -0.39 is 21.7 Å². The lowest BCUT2D eigenvalue weighted by molar-refractivity contribution is -0.123. The summed E-state index contributed by atoms with van der Waals surface area (Å²) in [4.78, 5) is 14.7. The van der Waals surface area contributed by atoms with Gasteiger partial charge in [-0.05, 0) is 62.4 Å². The van der Waals surface area contributed by atoms with Gasteiger partial charge in [0, 0.05) is 31.2 Å². The van der Waals surface area contributed by atoms with E-state index in [1.807, 2.05) is 24.0 Å². The molecule has 0 radical (unpaired) electrons. The Hall–Kier alpha value is -2.32. The third-order valence-corrected chi connectivity index (χ3v) is 7.85. The summed E-state index contributed by atoms with van der Waals surface area (Å²) in [5.74, 6) is -2.51. The molecule has 2 aliphatic rings. The number of carbonyl (C=O) groups excluding carboxylic acids is 1. The molecule has 0 bridgehead atoms. The van der Waals surface area contributed by atoms with Crippen LogP contribution in [0.15, 0.2) is 41.3 Å². The summed E-state index contributed by atoms with van der Waals surface area (Å²) in [7, 11) is -3.93. The maximum Gasteiger partial charge on any atom is 0.243 e. The standard InChI is InChI=1S/C22H24F2N2O3S/c1-15-4-7-21-17(13-15)3-2-10-26(21)22(27)16-8-11-25(12-9-16)30(28,29)18-5-6-19(23)20(24)14-18/h4-7,13-14,16H,2-3,8-12H2,1H3. The van der Waals surface area contributed by atoms with Gasteiger partial charge in [0.05, 0.1) is 4.90 Å². The molecule has 160 valence electrons. The van der Waals surface area contributed by atoms with Crippen LogP contribution in [-0.2, 0) is 21.2 Å². The first-order chi connectivity index (χ1) is 14.3. The topological polar surface area (TPSA) is 57.7 Å². The van der Waals surface area contributed by atoms with Gasteiger partial charge in [0.25, 0.3) is 0 Å². The van der Waals surface area contributed by atoms with E-state index in [9.17, 15) is 22.0 Å². The van der Waals surface area contributed by atoms with Gasteiger partial charge in [-0.15, -0.1) is 0 Å². The number of benzene rings is 2. The molecule has 1 saturated heterocycles. The van der Waals surface area contributed by atoms with Crippen molar-refractivity contribution in [3.05, 3.63) is 59.2 Å². The molecular formula is C22H24F2N2O3S. The lowest BCUT2D eigenvalue weighted by Gasteiger charge is -2.36. The molecule has 0 spiro atoms. The van der Waals surface area contributed by atoms with Gasteiger partial charge in [-0.25, -0.2) is 17.2 Å². The van der Waals surface area contributed by atoms with Crippen LogP contribution in [-0.4, -0.2) is 38.3 Å². The molecule has 2 aliphatic heterocycles. The summed E-state index contributed by atoms with van der Waals surface area (Å²) in [6, 6.07) is 8.69. The normalized spacial score (nSPS) is 18.3. The molecule has 2 aromatic carbocycles. The summed E-state index contributed by atoms with van der Waals surface area (Å²) in [5, 5.41) is 0. The fourth-order valence-electron chi connectivity index (χ4n) is 4.30. The molecule has 30 heavy (non-hydrogen) atoms. The number of fused-ring (bicyclic) bond motifs is 1. The van der Waals surface area contributed by atoms with E-state index in [2.05, 4.69) is 6.07 Å². The number of hydrogen-bond donors (Lipinski definition) is 0. The molecule has 0 atom stereocenters. The Balaban J connectivity index is 1.46. The summed E-state index contributed by atoms with van der Waals surface area (Å²) in [5.41, 5.74) is 3.29. The van der Waals surface area contributed by atoms with Crippen molar-refractivity contribution in [1.29, 1.82) is 0 Å². The van der Waals surface area contributed by atoms with Crippen LogP contribution in [0.4, 0.5) is 14.5 Å². The van der Waals surface area contributed by atoms with Gasteiger partial charge in [0.15, 0.2) is 11.6 Å². The fourth-order valence-corrected chi connectivity index (χ4v) is 5.79. The molecule has 1 fully saturated rings. The van der Waals surface area contributed by atoms with Gasteiger partial charge in [-0.3, -0.25) is 4.79 Å². The first-order valence-electron chi connectivity index (χ1n) is 10.1. The lowest BCUT2D eigenvalue weighted by atomic mass is 9.93. The largest absolute Gasteiger partial charge is 0.312 e. The molecule has 4 rings (SSSR count). The van der Waals surface area contributed by atoms with Crippen LogP contribution in [0.2, 0.25) is 0 Å². The van der Waals surface area contributed by atoms with Crippen molar-refractivity contribution in [2.75, 3.05) is 24.5 Å². The van der Waals surface area contributed by atoms with Crippen molar-refractivity contribution >= 4 is 21.6 Å². The average molecular weight is 435 g/mol. The Bertz CT molecular complexity index is 1080. The van der Waals surface area contributed by atoms with Crippen LogP contribution in [0.5, 0.6) is 0 Å². The summed E-state index contributed by atoms with van der Waals surface area (Å²) < 4.78 is 53.4. The van der Waals surface area contributed by atoms with E-state index in [-0.39, 0.29) is 29.8 Å². The highest BCUT2D eigenvalue weighted by Crippen LogP contribution is 2.32. The maximum atomic E-state index is 13.5. The van der Waals surface area contributed by atoms with E-state index in [1.54, 1.807) is 0 Å². The van der Waals surface area contributed by atoms with Gasteiger partial charge in [0.2, 0.25) is 15.9 Å². The van der Waals surface area contributed by atoms with E-state index in [0.29, 0.717) is 25.5 Å². The molecule has 0 aliphatic carbocycles. The zero-order valence-corrected chi connectivity index (χ0v) is 17.6. The number of nitrogens with zero attached hydrogens (tertiary/aromatic N) is 2. The Morgan fingerprint density at radius 1 is 1.00 bits per heavy atom. The van der Waals surface area contributed by atoms with Crippen molar-refractivity contribution in [2.45, 2.75) is 37.5 Å². The molecule has 8 heteroatoms. The van der Waals surface area contributed by atoms with E-state index in [1.165, 1.54) is 15.4 Å². The molecule has 5 nitrogen and oxygen atoms in total. The van der Waals surface area contributed by atoms with Crippen LogP contribution >= 0.6 is 0 Å². The van der Waals surface area contributed by atoms with Crippen LogP contribution in [0, 0.1) is 24.5 Å². The van der Waals surface area contributed by atoms with Gasteiger partial charge in [0.1, 0.15) is 0 Å². The lowest BCUT2D eigenvalue weighted by Crippen LogP contribution is -2.45. The number of halogens is 2. The minimum Gasteiger partial charge on any atom is -0.312 e. The highest BCUT2D eigenvalue weighted by molar-refractivity contribution is 7.89. The Labute approximate surface area is 175 Å². The highest BCUT2D eigenvalue weighted by atomic mass is 32.2. The predicted octanol–water partition coefficient (Wildman–Crippen LogP) is 3.65. The summed E-state index contributed by atoms with van der Waals surface area (Å²) in [6.07, 6.45) is 2.66. The zero-order chi connectivity index (χ0) is 21.5. The van der Waals surface area contributed by atoms with Crippen molar-refractivity contribution in [3.8, 4) is 0 Å². The molecule has 0 N–H and O–H groups in total. The molecule has 1 amide bonds. The smallest absolute Gasteiger partial charge is 0.243 e. The second-order valence-electron chi connectivity index (χ2n) is 7.98. The number of aryl methyl sites for hydroxylation is 2. The molecular weight excluding hydrogens is 410 g/mol. The minimum absolute atomic E-state index is 0.0321. The first-order valence-corrected chi connectivity index (χ1v) is 11.6. The van der Waals surface area contributed by atoms with Crippen LogP contribution < -0.4 is 4.90 Å². The van der Waals surface area contributed by atoms with Crippen molar-refractivity contribution in [3.63, 3.8) is 0 Å². The molecule has 2 heterocycles. The first kappa shape index (κ1) is 20.9. The molecule has 0 saturated carbocycles. The number of hydrogen-bond acceptors (Lipinski definition) is 3.